The zero-order valence-corrected chi connectivity index (χ0v) is 22.8. The molecule has 0 amide bonds. The fourth-order valence-electron chi connectivity index (χ4n) is 5.25. The molecule has 1 aliphatic rings. The molecule has 0 aliphatic heterocycles. The molecule has 6 heteroatoms. The second-order valence-corrected chi connectivity index (χ2v) is 14.2. The van der Waals surface area contributed by atoms with Gasteiger partial charge in [0.25, 0.3) is 14.7 Å². The van der Waals surface area contributed by atoms with Crippen LogP contribution >= 0.6 is 14.7 Å². The first-order valence-electron chi connectivity index (χ1n) is 12.5. The molecule has 5 rings (SSSR count). The SMILES string of the molecule is CCOP(=O)(c1ccccc1)C1(P(=O)(OCC)c2ccccc2)C(c2ccccc2)=C1c1ccccc1. The lowest BCUT2D eigenvalue weighted by molar-refractivity contribution is 0.323. The Kier molecular flexibility index (Phi) is 7.21. The number of allylic oxidation sites excluding steroid dienone is 2. The molecule has 0 saturated heterocycles. The van der Waals surface area contributed by atoms with Gasteiger partial charge < -0.3 is 9.05 Å². The van der Waals surface area contributed by atoms with Crippen LogP contribution in [0.25, 0.3) is 11.1 Å². The molecule has 0 radical (unpaired) electrons. The standard InChI is InChI=1S/C31H30O4P2/c1-3-34-36(32,27-21-13-7-14-22-27)31(37(33,35-4-2)28-23-15-8-16-24-28)29(25-17-9-5-10-18-25)30(31)26-19-11-6-12-20-26/h5-24H,3-4H2,1-2H3. The Hall–Kier alpha value is -3.00. The Balaban J connectivity index is 1.92. The van der Waals surface area contributed by atoms with Gasteiger partial charge in [-0.2, -0.15) is 0 Å². The van der Waals surface area contributed by atoms with Crippen molar-refractivity contribution >= 4 is 36.5 Å². The molecular weight excluding hydrogens is 498 g/mol. The highest BCUT2D eigenvalue weighted by Gasteiger charge is 2.77. The molecule has 2 unspecified atom stereocenters. The Morgan fingerprint density at radius 3 is 1.11 bits per heavy atom. The van der Waals surface area contributed by atoms with E-state index in [1.54, 1.807) is 0 Å². The van der Waals surface area contributed by atoms with Crippen LogP contribution in [0.4, 0.5) is 0 Å². The maximum atomic E-state index is 15.6. The molecule has 0 fully saturated rings. The highest BCUT2D eigenvalue weighted by atomic mass is 31.2. The van der Waals surface area contributed by atoms with Gasteiger partial charge in [-0.15, -0.1) is 0 Å². The van der Waals surface area contributed by atoms with Crippen molar-refractivity contribution in [3.8, 4) is 0 Å². The molecule has 0 heterocycles. The highest BCUT2D eigenvalue weighted by molar-refractivity contribution is 7.88. The second-order valence-electron chi connectivity index (χ2n) is 8.76. The van der Waals surface area contributed by atoms with Crippen LogP contribution in [0, 0.1) is 0 Å². The zero-order valence-electron chi connectivity index (χ0n) is 21.0. The summed E-state index contributed by atoms with van der Waals surface area (Å²) in [6.45, 7) is 4.03. The molecule has 1 aliphatic carbocycles. The van der Waals surface area contributed by atoms with Crippen molar-refractivity contribution in [3.05, 3.63) is 132 Å². The predicted molar refractivity (Wildman–Crippen MR) is 153 cm³/mol. The van der Waals surface area contributed by atoms with E-state index in [2.05, 4.69) is 0 Å². The number of hydrogen-bond donors (Lipinski definition) is 0. The van der Waals surface area contributed by atoms with E-state index in [1.165, 1.54) is 0 Å². The smallest absolute Gasteiger partial charge is 0.256 e. The maximum absolute atomic E-state index is 15.6. The Bertz CT molecular complexity index is 1370. The Morgan fingerprint density at radius 2 is 0.811 bits per heavy atom. The van der Waals surface area contributed by atoms with E-state index in [1.807, 2.05) is 135 Å². The van der Waals surface area contributed by atoms with Gasteiger partial charge in [0, 0.05) is 10.6 Å². The molecule has 4 nitrogen and oxygen atoms in total. The molecule has 0 spiro atoms. The van der Waals surface area contributed by atoms with Gasteiger partial charge in [0.15, 0.2) is 4.90 Å². The van der Waals surface area contributed by atoms with E-state index < -0.39 is 19.6 Å². The third kappa shape index (κ3) is 4.00. The van der Waals surface area contributed by atoms with Gasteiger partial charge >= 0.3 is 0 Å². The van der Waals surface area contributed by atoms with Crippen LogP contribution in [0.5, 0.6) is 0 Å². The van der Waals surface area contributed by atoms with E-state index in [-0.39, 0.29) is 13.2 Å². The van der Waals surface area contributed by atoms with Crippen molar-refractivity contribution in [1.82, 2.24) is 0 Å². The fourth-order valence-corrected chi connectivity index (χ4v) is 13.0. The summed E-state index contributed by atoms with van der Waals surface area (Å²) in [5.74, 6) is 0. The normalized spacial score (nSPS) is 17.6. The topological polar surface area (TPSA) is 52.6 Å². The van der Waals surface area contributed by atoms with Crippen molar-refractivity contribution < 1.29 is 18.2 Å². The Morgan fingerprint density at radius 1 is 0.514 bits per heavy atom. The Labute approximate surface area is 218 Å². The van der Waals surface area contributed by atoms with Gasteiger partial charge in [-0.25, -0.2) is 0 Å². The maximum Gasteiger partial charge on any atom is 0.256 e. The average molecular weight is 529 g/mol. The van der Waals surface area contributed by atoms with Crippen LogP contribution in [0.3, 0.4) is 0 Å². The summed E-state index contributed by atoms with van der Waals surface area (Å²) in [6, 6.07) is 37.9. The first-order chi connectivity index (χ1) is 18.0. The van der Waals surface area contributed by atoms with E-state index >= 15 is 9.13 Å². The van der Waals surface area contributed by atoms with E-state index in [9.17, 15) is 0 Å². The van der Waals surface area contributed by atoms with Crippen LogP contribution in [0.15, 0.2) is 121 Å². The lowest BCUT2D eigenvalue weighted by Gasteiger charge is -2.37. The molecule has 4 aromatic rings. The van der Waals surface area contributed by atoms with Crippen LogP contribution in [-0.2, 0) is 18.2 Å². The first-order valence-corrected chi connectivity index (χ1v) is 15.8. The summed E-state index contributed by atoms with van der Waals surface area (Å²) in [5, 5.41) is 1.04. The van der Waals surface area contributed by atoms with Gasteiger partial charge in [0.2, 0.25) is 0 Å². The van der Waals surface area contributed by atoms with Gasteiger partial charge in [-0.3, -0.25) is 9.13 Å². The van der Waals surface area contributed by atoms with Crippen LogP contribution in [-0.4, -0.2) is 18.1 Å². The number of rotatable bonds is 10. The third-order valence-electron chi connectivity index (χ3n) is 6.68. The number of benzene rings is 4. The molecule has 0 bridgehead atoms. The summed E-state index contributed by atoms with van der Waals surface area (Å²) >= 11 is 0. The summed E-state index contributed by atoms with van der Waals surface area (Å²) in [6.07, 6.45) is 0. The molecule has 0 saturated carbocycles. The third-order valence-corrected chi connectivity index (χ3v) is 14.1. The van der Waals surface area contributed by atoms with Crippen LogP contribution in [0.1, 0.15) is 25.0 Å². The van der Waals surface area contributed by atoms with Crippen molar-refractivity contribution in [2.24, 2.45) is 0 Å². The van der Waals surface area contributed by atoms with Gasteiger partial charge in [-0.1, -0.05) is 97.1 Å². The zero-order chi connectivity index (χ0) is 25.9. The minimum Gasteiger partial charge on any atom is -0.324 e. The average Bonchev–Trinajstić information content (AvgIpc) is 3.68. The van der Waals surface area contributed by atoms with Crippen molar-refractivity contribution in [3.63, 3.8) is 0 Å². The molecular formula is C31H30O4P2. The lowest BCUT2D eigenvalue weighted by Crippen LogP contribution is -2.31. The van der Waals surface area contributed by atoms with E-state index in [0.29, 0.717) is 10.6 Å². The van der Waals surface area contributed by atoms with Crippen molar-refractivity contribution in [2.45, 2.75) is 18.7 Å². The van der Waals surface area contributed by atoms with E-state index in [0.717, 1.165) is 22.3 Å². The fraction of sp³-hybridized carbons (Fsp3) is 0.161. The molecule has 188 valence electrons. The van der Waals surface area contributed by atoms with E-state index in [4.69, 9.17) is 9.05 Å². The monoisotopic (exact) mass is 528 g/mol. The van der Waals surface area contributed by atoms with Crippen LogP contribution in [0.2, 0.25) is 0 Å². The molecule has 0 N–H and O–H groups in total. The largest absolute Gasteiger partial charge is 0.324 e. The summed E-state index contributed by atoms with van der Waals surface area (Å²) in [7, 11) is -7.77. The number of hydrogen-bond acceptors (Lipinski definition) is 4. The molecule has 37 heavy (non-hydrogen) atoms. The first kappa shape index (κ1) is 25.6. The van der Waals surface area contributed by atoms with Gasteiger partial charge in [-0.05, 0) is 60.4 Å². The molecule has 2 atom stereocenters. The predicted octanol–water partition coefficient (Wildman–Crippen LogP) is 7.59. The summed E-state index contributed by atoms with van der Waals surface area (Å²) in [5.41, 5.74) is 3.21. The lowest BCUT2D eigenvalue weighted by atomic mass is 10.1. The highest BCUT2D eigenvalue weighted by Crippen LogP contribution is 2.91. The minimum absolute atomic E-state index is 0.193. The minimum atomic E-state index is -3.89. The van der Waals surface area contributed by atoms with Crippen molar-refractivity contribution in [2.75, 3.05) is 13.2 Å². The van der Waals surface area contributed by atoms with Crippen LogP contribution < -0.4 is 10.6 Å². The van der Waals surface area contributed by atoms with Crippen molar-refractivity contribution in [1.29, 1.82) is 0 Å². The molecule has 0 aromatic heterocycles. The molecule has 4 aromatic carbocycles. The van der Waals surface area contributed by atoms with Gasteiger partial charge in [0.1, 0.15) is 0 Å². The summed E-state index contributed by atoms with van der Waals surface area (Å²) < 4.78 is 43.9. The van der Waals surface area contributed by atoms with Gasteiger partial charge in [0.05, 0.1) is 13.2 Å². The second kappa shape index (κ2) is 10.4. The quantitative estimate of drug-likeness (QED) is 0.199. The summed E-state index contributed by atoms with van der Waals surface area (Å²) in [4.78, 5) is -1.49.